The van der Waals surface area contributed by atoms with Gasteiger partial charge in [-0.2, -0.15) is 0 Å². The van der Waals surface area contributed by atoms with Crippen molar-refractivity contribution in [1.29, 1.82) is 0 Å². The summed E-state index contributed by atoms with van der Waals surface area (Å²) < 4.78 is 30.7. The summed E-state index contributed by atoms with van der Waals surface area (Å²) in [5.41, 5.74) is 17.5. The molecule has 0 fully saturated rings. The Balaban J connectivity index is 0.820. The number of pyridine rings is 1. The van der Waals surface area contributed by atoms with E-state index in [2.05, 4.69) is 335 Å². The molecule has 0 aliphatic carbocycles. The number of imidazole rings is 1. The van der Waals surface area contributed by atoms with Gasteiger partial charge in [-0.1, -0.05) is 194 Å². The van der Waals surface area contributed by atoms with Crippen LogP contribution in [0.5, 0.6) is 11.5 Å². The third-order valence-corrected chi connectivity index (χ3v) is 21.0. The minimum atomic E-state index is 0.538. The van der Waals surface area contributed by atoms with Crippen LogP contribution in [0.15, 0.2) is 310 Å². The molecule has 0 saturated carbocycles. The highest BCUT2D eigenvalue weighted by atomic mass is 16.5. The molecule has 0 atom stereocenters. The number of ether oxygens (including phenoxy) is 2. The molecule has 0 bridgehead atoms. The zero-order chi connectivity index (χ0) is 66.2. The fourth-order valence-corrected chi connectivity index (χ4v) is 16.8. The van der Waals surface area contributed by atoms with E-state index >= 15 is 0 Å². The van der Waals surface area contributed by atoms with Crippen molar-refractivity contribution in [3.63, 3.8) is 0 Å². The molecule has 480 valence electrons. The van der Waals surface area contributed by atoms with Crippen LogP contribution in [0.2, 0.25) is 0 Å². The molecule has 0 radical (unpaired) electrons. The van der Waals surface area contributed by atoms with E-state index in [1.54, 1.807) is 0 Å². The van der Waals surface area contributed by atoms with Crippen LogP contribution in [-0.4, -0.2) is 55.2 Å². The summed E-state index contributed by atoms with van der Waals surface area (Å²) in [5.74, 6) is 3.07. The highest BCUT2D eigenvalue weighted by molar-refractivity contribution is 6.16. The first-order valence-electron chi connectivity index (χ1n) is 34.9. The smallest absolute Gasteiger partial charge is 0.166 e. The van der Waals surface area contributed by atoms with Crippen LogP contribution in [0.25, 0.3) is 171 Å². The molecule has 0 N–H and O–H groups in total. The van der Waals surface area contributed by atoms with Gasteiger partial charge >= 0.3 is 0 Å². The molecule has 0 aliphatic rings. The molecule has 11 nitrogen and oxygen atoms in total. The van der Waals surface area contributed by atoms with Crippen molar-refractivity contribution in [2.75, 3.05) is 13.2 Å². The Kier molecular flexibility index (Phi) is 12.8. The molecular weight excluding hydrogens is 1240 g/mol. The second kappa shape index (κ2) is 22.7. The van der Waals surface area contributed by atoms with Crippen molar-refractivity contribution in [2.24, 2.45) is 0 Å². The highest BCUT2D eigenvalue weighted by Gasteiger charge is 2.34. The number of rotatable bonds is 15. The van der Waals surface area contributed by atoms with Crippen LogP contribution in [-0.2, 0) is 13.1 Å². The Morgan fingerprint density at radius 1 is 0.248 bits per heavy atom. The molecule has 21 aromatic rings. The number of aromatic nitrogens is 9. The monoisotopic (exact) mass is 1300 g/mol. The number of para-hydroxylation sites is 12. The van der Waals surface area contributed by atoms with Crippen molar-refractivity contribution < 1.29 is 9.47 Å². The van der Waals surface area contributed by atoms with E-state index in [1.807, 2.05) is 6.33 Å². The van der Waals surface area contributed by atoms with Crippen molar-refractivity contribution in [3.05, 3.63) is 310 Å². The van der Waals surface area contributed by atoms with Gasteiger partial charge in [-0.25, -0.2) is 9.97 Å². The number of benzene rings is 13. The van der Waals surface area contributed by atoms with Gasteiger partial charge in [-0.15, -0.1) is 0 Å². The Morgan fingerprint density at radius 2 is 0.525 bits per heavy atom. The Bertz CT molecular complexity index is 6360. The van der Waals surface area contributed by atoms with Gasteiger partial charge in [0.05, 0.1) is 68.4 Å². The number of hydrogen-bond donors (Lipinski definition) is 0. The minimum absolute atomic E-state index is 0.538. The molecular formula is C90H63N9O2. The molecule has 0 unspecified atom stereocenters. The lowest BCUT2D eigenvalue weighted by molar-refractivity contribution is 0.303. The molecule has 21 rings (SSSR count). The fourth-order valence-electron chi connectivity index (χ4n) is 16.8. The van der Waals surface area contributed by atoms with Crippen molar-refractivity contribution in [2.45, 2.75) is 25.9 Å². The maximum absolute atomic E-state index is 6.88. The van der Waals surface area contributed by atoms with E-state index in [-0.39, 0.29) is 0 Å². The van der Waals surface area contributed by atoms with Crippen LogP contribution >= 0.6 is 0 Å². The first kappa shape index (κ1) is 57.0. The standard InChI is InChI=1S/C90H63N9O2/c1-12-36-73-60(25-1)61-26-2-13-37-74(61)93(73)51-23-53-100-58-47-49-83-70(55-58)68-33-9-20-44-81(68)98(83)89-87(96-77-40-16-5-29-64(77)65-30-6-17-41-78(65)96)86(95-57-91-72-35-11-22-46-85(72)95)88(97-79-42-18-7-31-66(79)67-32-8-19-43-80(67)97)90(92-89)99-82-45-21-10-34-69(82)71-56-59(48-50-84(71)99)101-54-24-52-94-75-38-14-3-27-62(75)63-28-4-15-39-76(63)94/h1-22,25-50,55-57H,23-24,51-54H2. The number of fused-ring (bicyclic) bond motifs is 19. The second-order valence-electron chi connectivity index (χ2n) is 26.5. The van der Waals surface area contributed by atoms with Crippen molar-refractivity contribution >= 4 is 142 Å². The first-order chi connectivity index (χ1) is 50.2. The van der Waals surface area contributed by atoms with Gasteiger partial charge in [0, 0.05) is 99.8 Å². The van der Waals surface area contributed by atoms with E-state index in [1.165, 1.54) is 43.6 Å². The summed E-state index contributed by atoms with van der Waals surface area (Å²) >= 11 is 0. The minimum Gasteiger partial charge on any atom is -0.494 e. The van der Waals surface area contributed by atoms with Crippen molar-refractivity contribution in [3.8, 4) is 40.2 Å². The van der Waals surface area contributed by atoms with Crippen LogP contribution in [0, 0.1) is 0 Å². The molecule has 8 heterocycles. The third-order valence-electron chi connectivity index (χ3n) is 21.0. The van der Waals surface area contributed by atoms with Gasteiger partial charge < -0.3 is 27.7 Å². The largest absolute Gasteiger partial charge is 0.494 e. The molecule has 13 aromatic carbocycles. The summed E-state index contributed by atoms with van der Waals surface area (Å²) in [7, 11) is 0. The average Bonchev–Trinajstić information content (AvgIpc) is 1.59. The maximum atomic E-state index is 6.88. The van der Waals surface area contributed by atoms with Gasteiger partial charge in [0.2, 0.25) is 0 Å². The molecule has 0 saturated heterocycles. The third kappa shape index (κ3) is 8.66. The van der Waals surface area contributed by atoms with Crippen molar-refractivity contribution in [1.82, 2.24) is 41.9 Å². The number of hydrogen-bond acceptors (Lipinski definition) is 4. The summed E-state index contributed by atoms with van der Waals surface area (Å²) in [6.07, 6.45) is 3.67. The molecule has 8 aromatic heterocycles. The fraction of sp³-hybridized carbons (Fsp3) is 0.0667. The Labute approximate surface area is 578 Å². The Hall–Kier alpha value is -13.1. The van der Waals surface area contributed by atoms with Gasteiger partial charge in [-0.05, 0) is 122 Å². The van der Waals surface area contributed by atoms with Crippen LogP contribution in [0.4, 0.5) is 0 Å². The second-order valence-corrected chi connectivity index (χ2v) is 26.5. The van der Waals surface area contributed by atoms with Crippen LogP contribution in [0.1, 0.15) is 12.8 Å². The SMILES string of the molecule is c1ccc2c(c1)ncn2-c1c(-n2c3ccccc3c3ccccc32)c(-n2c3ccccc3c3cc(OCCCn4c5ccccc5c5ccccc54)ccc32)nc(-n2c3ccccc3c3cc(OCCCn4c5ccccc5c5ccccc54)ccc32)c1-n1c2ccccc2c2ccccc21. The topological polar surface area (TPSA) is 78.8 Å². The van der Waals surface area contributed by atoms with Gasteiger partial charge in [0.1, 0.15) is 34.9 Å². The molecule has 0 spiro atoms. The zero-order valence-corrected chi connectivity index (χ0v) is 55.0. The number of aryl methyl sites for hydroxylation is 2. The van der Waals surface area contributed by atoms with Gasteiger partial charge in [0.15, 0.2) is 11.6 Å². The van der Waals surface area contributed by atoms with E-state index in [0.717, 1.165) is 164 Å². The lowest BCUT2D eigenvalue weighted by Crippen LogP contribution is -2.18. The lowest BCUT2D eigenvalue weighted by Gasteiger charge is -2.27. The zero-order valence-electron chi connectivity index (χ0n) is 55.0. The summed E-state index contributed by atoms with van der Waals surface area (Å²) in [4.78, 5) is 11.8. The van der Waals surface area contributed by atoms with E-state index < -0.39 is 0 Å². The van der Waals surface area contributed by atoms with E-state index in [4.69, 9.17) is 19.4 Å². The van der Waals surface area contributed by atoms with E-state index in [0.29, 0.717) is 13.2 Å². The quantitative estimate of drug-likeness (QED) is 0.0958. The van der Waals surface area contributed by atoms with Gasteiger partial charge in [0.25, 0.3) is 0 Å². The first-order valence-corrected chi connectivity index (χ1v) is 34.9. The normalized spacial score (nSPS) is 12.2. The summed E-state index contributed by atoms with van der Waals surface area (Å²) in [6.45, 7) is 2.72. The average molecular weight is 1300 g/mol. The lowest BCUT2D eigenvalue weighted by atomic mass is 10.1. The van der Waals surface area contributed by atoms with Crippen LogP contribution in [0.3, 0.4) is 0 Å². The molecule has 0 amide bonds. The highest BCUT2D eigenvalue weighted by Crippen LogP contribution is 2.48. The molecule has 0 aliphatic heterocycles. The molecule has 11 heteroatoms. The van der Waals surface area contributed by atoms with Gasteiger partial charge in [-0.3, -0.25) is 13.7 Å². The number of nitrogens with zero attached hydrogens (tertiary/aromatic N) is 9. The summed E-state index contributed by atoms with van der Waals surface area (Å²) in [5, 5.41) is 13.9. The molecule has 101 heavy (non-hydrogen) atoms. The van der Waals surface area contributed by atoms with Crippen LogP contribution < -0.4 is 9.47 Å². The predicted molar refractivity (Wildman–Crippen MR) is 415 cm³/mol. The van der Waals surface area contributed by atoms with E-state index in [9.17, 15) is 0 Å². The maximum Gasteiger partial charge on any atom is 0.166 e. The predicted octanol–water partition coefficient (Wildman–Crippen LogP) is 22.0. The summed E-state index contributed by atoms with van der Waals surface area (Å²) in [6, 6.07) is 110. The Morgan fingerprint density at radius 3 is 0.881 bits per heavy atom.